The highest BCUT2D eigenvalue weighted by Gasteiger charge is 2.16. The number of nitrogens with one attached hydrogen (secondary N) is 1. The minimum Gasteiger partial charge on any atom is -0.476 e. The molecule has 0 amide bonds. The molecule has 0 unspecified atom stereocenters. The van der Waals surface area contributed by atoms with Crippen molar-refractivity contribution in [1.29, 1.82) is 0 Å². The summed E-state index contributed by atoms with van der Waals surface area (Å²) in [7, 11) is 0. The van der Waals surface area contributed by atoms with Crippen molar-refractivity contribution >= 4 is 23.3 Å². The molecule has 4 N–H and O–H groups in total. The third-order valence-electron chi connectivity index (χ3n) is 1.87. The maximum Gasteiger partial charge on any atom is 0.356 e. The molecule has 16 heavy (non-hydrogen) atoms. The van der Waals surface area contributed by atoms with Crippen LogP contribution in [0.3, 0.4) is 0 Å². The number of anilines is 1. The summed E-state index contributed by atoms with van der Waals surface area (Å²) in [6.07, 6.45) is 1.47. The molecule has 0 aromatic carbocycles. The monoisotopic (exact) mass is 239 g/mol. The zero-order chi connectivity index (χ0) is 11.7. The van der Waals surface area contributed by atoms with E-state index in [1.165, 1.54) is 12.3 Å². The number of rotatable bonds is 2. The van der Waals surface area contributed by atoms with Crippen LogP contribution in [0.15, 0.2) is 12.3 Å². The van der Waals surface area contributed by atoms with Gasteiger partial charge in [-0.15, -0.1) is 5.10 Å². The van der Waals surface area contributed by atoms with E-state index in [0.717, 1.165) is 0 Å². The molecule has 0 aliphatic heterocycles. The molecular formula is C8H6ClN5O2. The van der Waals surface area contributed by atoms with Gasteiger partial charge in [-0.2, -0.15) is 0 Å². The molecule has 0 radical (unpaired) electrons. The van der Waals surface area contributed by atoms with Crippen molar-refractivity contribution in [3.63, 3.8) is 0 Å². The van der Waals surface area contributed by atoms with Crippen molar-refractivity contribution in [2.24, 2.45) is 0 Å². The zero-order valence-electron chi connectivity index (χ0n) is 7.81. The standard InChI is InChI=1S/C8H6ClN5O2/c9-6-3(10)1-4(5-2-11-14-13-5)12-7(6)8(15)16/h1-2H,(H2,10,12)(H,15,16)(H,11,13,14). The second kappa shape index (κ2) is 3.78. The van der Waals surface area contributed by atoms with Crippen molar-refractivity contribution in [3.05, 3.63) is 23.0 Å². The summed E-state index contributed by atoms with van der Waals surface area (Å²) >= 11 is 5.71. The Kier molecular flexibility index (Phi) is 2.45. The van der Waals surface area contributed by atoms with Crippen LogP contribution in [-0.4, -0.2) is 31.5 Å². The summed E-state index contributed by atoms with van der Waals surface area (Å²) in [6, 6.07) is 1.44. The lowest BCUT2D eigenvalue weighted by Gasteiger charge is -2.04. The molecule has 0 bridgehead atoms. The number of nitrogens with two attached hydrogens (primary N) is 1. The normalized spacial score (nSPS) is 10.3. The number of aromatic amines is 1. The highest BCUT2D eigenvalue weighted by atomic mass is 35.5. The van der Waals surface area contributed by atoms with Gasteiger partial charge in [-0.25, -0.2) is 9.78 Å². The molecular weight excluding hydrogens is 234 g/mol. The Bertz CT molecular complexity index is 540. The number of carbonyl (C=O) groups is 1. The first-order valence-corrected chi connectivity index (χ1v) is 4.53. The number of aromatic nitrogens is 4. The number of aromatic carboxylic acids is 1. The highest BCUT2D eigenvalue weighted by molar-refractivity contribution is 6.35. The van der Waals surface area contributed by atoms with Gasteiger partial charge in [-0.3, -0.25) is 5.10 Å². The molecule has 82 valence electrons. The molecule has 0 aliphatic carbocycles. The number of H-pyrrole nitrogens is 1. The molecule has 8 heteroatoms. The predicted octanol–water partition coefficient (Wildman–Crippen LogP) is 0.800. The number of hydrogen-bond acceptors (Lipinski definition) is 5. The molecule has 7 nitrogen and oxygen atoms in total. The lowest BCUT2D eigenvalue weighted by atomic mass is 10.2. The Morgan fingerprint density at radius 3 is 2.81 bits per heavy atom. The molecule has 2 aromatic heterocycles. The van der Waals surface area contributed by atoms with Crippen LogP contribution < -0.4 is 5.73 Å². The first-order valence-electron chi connectivity index (χ1n) is 4.15. The molecule has 0 saturated heterocycles. The van der Waals surface area contributed by atoms with Crippen LogP contribution >= 0.6 is 11.6 Å². The number of carboxylic acids is 1. The highest BCUT2D eigenvalue weighted by Crippen LogP contribution is 2.26. The quantitative estimate of drug-likeness (QED) is 0.713. The van der Waals surface area contributed by atoms with Gasteiger partial charge in [0.2, 0.25) is 0 Å². The number of pyridine rings is 1. The summed E-state index contributed by atoms with van der Waals surface area (Å²) in [5, 5.41) is 18.5. The van der Waals surface area contributed by atoms with Crippen LogP contribution in [0.4, 0.5) is 5.69 Å². The fraction of sp³-hybridized carbons (Fsp3) is 0. The number of hydrogen-bond donors (Lipinski definition) is 3. The predicted molar refractivity (Wildman–Crippen MR) is 56.0 cm³/mol. The van der Waals surface area contributed by atoms with Crippen LogP contribution in [0.25, 0.3) is 11.4 Å². The summed E-state index contributed by atoms with van der Waals surface area (Å²) < 4.78 is 0. The van der Waals surface area contributed by atoms with Crippen molar-refractivity contribution in [2.45, 2.75) is 0 Å². The maximum absolute atomic E-state index is 10.8. The SMILES string of the molecule is Nc1cc(-c2c[nH]nn2)nc(C(=O)O)c1Cl. The first-order chi connectivity index (χ1) is 7.59. The minimum atomic E-state index is -1.25. The average Bonchev–Trinajstić information content (AvgIpc) is 2.74. The van der Waals surface area contributed by atoms with E-state index in [-0.39, 0.29) is 16.4 Å². The van der Waals surface area contributed by atoms with Crippen molar-refractivity contribution in [2.75, 3.05) is 5.73 Å². The van der Waals surface area contributed by atoms with Gasteiger partial charge in [-0.05, 0) is 6.07 Å². The largest absolute Gasteiger partial charge is 0.476 e. The Hall–Kier alpha value is -2.15. The van der Waals surface area contributed by atoms with Crippen molar-refractivity contribution < 1.29 is 9.90 Å². The average molecular weight is 240 g/mol. The van der Waals surface area contributed by atoms with Crippen LogP contribution in [0.1, 0.15) is 10.5 Å². The topological polar surface area (TPSA) is 118 Å². The third kappa shape index (κ3) is 1.68. The summed E-state index contributed by atoms with van der Waals surface area (Å²) in [4.78, 5) is 14.7. The number of nitrogens with zero attached hydrogens (tertiary/aromatic N) is 3. The van der Waals surface area contributed by atoms with Gasteiger partial charge in [0.1, 0.15) is 5.69 Å². The van der Waals surface area contributed by atoms with Crippen molar-refractivity contribution in [1.82, 2.24) is 20.4 Å². The van der Waals surface area contributed by atoms with E-state index in [0.29, 0.717) is 11.4 Å². The molecule has 2 rings (SSSR count). The summed E-state index contributed by atoms with van der Waals surface area (Å²) in [5.74, 6) is -1.25. The second-order valence-electron chi connectivity index (χ2n) is 2.92. The lowest BCUT2D eigenvalue weighted by Crippen LogP contribution is -2.05. The number of halogens is 1. The second-order valence-corrected chi connectivity index (χ2v) is 3.30. The van der Waals surface area contributed by atoms with Gasteiger partial charge in [0, 0.05) is 0 Å². The van der Waals surface area contributed by atoms with Crippen LogP contribution in [0, 0.1) is 0 Å². The number of carboxylic acid groups (broad SMARTS) is 1. The van der Waals surface area contributed by atoms with Gasteiger partial charge in [-0.1, -0.05) is 16.8 Å². The van der Waals surface area contributed by atoms with E-state index >= 15 is 0 Å². The van der Waals surface area contributed by atoms with Gasteiger partial charge in [0.05, 0.1) is 22.6 Å². The van der Waals surface area contributed by atoms with Crippen molar-refractivity contribution in [3.8, 4) is 11.4 Å². The third-order valence-corrected chi connectivity index (χ3v) is 2.26. The van der Waals surface area contributed by atoms with Gasteiger partial charge in [0.25, 0.3) is 0 Å². The van der Waals surface area contributed by atoms with E-state index in [4.69, 9.17) is 22.4 Å². The first kappa shape index (κ1) is 10.4. The van der Waals surface area contributed by atoms with E-state index < -0.39 is 5.97 Å². The lowest BCUT2D eigenvalue weighted by molar-refractivity contribution is 0.0691. The Balaban J connectivity index is 2.62. The molecule has 0 saturated carbocycles. The Labute approximate surface area is 94.3 Å². The van der Waals surface area contributed by atoms with Gasteiger partial charge >= 0.3 is 5.97 Å². The van der Waals surface area contributed by atoms with Crippen LogP contribution in [-0.2, 0) is 0 Å². The minimum absolute atomic E-state index is 0.0836. The van der Waals surface area contributed by atoms with Gasteiger partial charge < -0.3 is 10.8 Å². The van der Waals surface area contributed by atoms with E-state index in [1.54, 1.807) is 0 Å². The number of nitrogen functional groups attached to an aromatic ring is 1. The Morgan fingerprint density at radius 1 is 1.50 bits per heavy atom. The van der Waals surface area contributed by atoms with E-state index in [2.05, 4.69) is 20.4 Å². The van der Waals surface area contributed by atoms with E-state index in [1.807, 2.05) is 0 Å². The van der Waals surface area contributed by atoms with Crippen LogP contribution in [0.5, 0.6) is 0 Å². The fourth-order valence-corrected chi connectivity index (χ4v) is 1.33. The molecule has 0 aliphatic rings. The smallest absolute Gasteiger partial charge is 0.356 e. The maximum atomic E-state index is 10.8. The molecule has 0 fully saturated rings. The fourth-order valence-electron chi connectivity index (χ4n) is 1.15. The summed E-state index contributed by atoms with van der Waals surface area (Å²) in [5.41, 5.74) is 6.09. The molecule has 2 heterocycles. The summed E-state index contributed by atoms with van der Waals surface area (Å²) in [6.45, 7) is 0. The molecule has 0 spiro atoms. The zero-order valence-corrected chi connectivity index (χ0v) is 8.56. The molecule has 0 atom stereocenters. The van der Waals surface area contributed by atoms with Gasteiger partial charge in [0.15, 0.2) is 5.69 Å². The van der Waals surface area contributed by atoms with E-state index in [9.17, 15) is 4.79 Å². The van der Waals surface area contributed by atoms with Crippen LogP contribution in [0.2, 0.25) is 5.02 Å². The Morgan fingerprint density at radius 2 is 2.25 bits per heavy atom. The molecule has 2 aromatic rings.